The molecule has 4 N–H and O–H groups in total. The van der Waals surface area contributed by atoms with Gasteiger partial charge >= 0.3 is 11.9 Å². The number of hydrogen-bond acceptors (Lipinski definition) is 5. The second kappa shape index (κ2) is 4.92. The summed E-state index contributed by atoms with van der Waals surface area (Å²) in [5.41, 5.74) is 5.06. The largest absolute Gasteiger partial charge is 0.494 e. The Labute approximate surface area is 95.4 Å². The average molecular weight is 239 g/mol. The van der Waals surface area contributed by atoms with Crippen LogP contribution in [0.15, 0.2) is 12.3 Å². The molecule has 1 aromatic heterocycles. The molecule has 0 aromatic carbocycles. The second-order valence-electron chi connectivity index (χ2n) is 2.89. The van der Waals surface area contributed by atoms with E-state index in [2.05, 4.69) is 4.98 Å². The molecule has 0 aliphatic carbocycles. The molecule has 2 amide bonds. The number of carboxylic acid groups (broad SMARTS) is 1. The van der Waals surface area contributed by atoms with Crippen molar-refractivity contribution in [1.29, 1.82) is 0 Å². The first-order valence-corrected chi connectivity index (χ1v) is 4.33. The van der Waals surface area contributed by atoms with Gasteiger partial charge in [-0.15, -0.1) is 0 Å². The van der Waals surface area contributed by atoms with Gasteiger partial charge < -0.3 is 20.9 Å². The zero-order valence-electron chi connectivity index (χ0n) is 8.76. The number of methoxy groups -OCH3 is 1. The maximum absolute atomic E-state index is 11.0. The van der Waals surface area contributed by atoms with Gasteiger partial charge in [-0.3, -0.25) is 9.59 Å². The first kappa shape index (κ1) is 12.4. The number of aliphatic carboxylic acids is 1. The normalized spacial score (nSPS) is 9.47. The van der Waals surface area contributed by atoms with Gasteiger partial charge in [-0.05, 0) is 6.07 Å². The van der Waals surface area contributed by atoms with Gasteiger partial charge in [0, 0.05) is 0 Å². The summed E-state index contributed by atoms with van der Waals surface area (Å²) in [4.78, 5) is 35.9. The summed E-state index contributed by atoms with van der Waals surface area (Å²) in [5.74, 6) is -3.69. The Morgan fingerprint density at radius 2 is 2.12 bits per heavy atom. The van der Waals surface area contributed by atoms with Gasteiger partial charge in [-0.2, -0.15) is 0 Å². The van der Waals surface area contributed by atoms with E-state index in [0.717, 1.165) is 12.3 Å². The van der Waals surface area contributed by atoms with Crippen molar-refractivity contribution in [2.24, 2.45) is 5.73 Å². The number of carboxylic acids is 1. The standard InChI is InChI=1S/C9H9N3O5/c1-17-5-3-11-6(2-4(5)7(10)13)12-8(14)9(15)16/h2-3H,1H3,(H2,10,13)(H,15,16)(H,11,12,14). The van der Waals surface area contributed by atoms with E-state index in [1.54, 1.807) is 0 Å². The van der Waals surface area contributed by atoms with Gasteiger partial charge in [-0.25, -0.2) is 9.78 Å². The van der Waals surface area contributed by atoms with Crippen molar-refractivity contribution < 1.29 is 24.2 Å². The minimum atomic E-state index is -1.66. The number of carbonyl (C=O) groups excluding carboxylic acids is 2. The highest BCUT2D eigenvalue weighted by atomic mass is 16.5. The molecule has 8 nitrogen and oxygen atoms in total. The van der Waals surface area contributed by atoms with E-state index in [4.69, 9.17) is 15.6 Å². The average Bonchev–Trinajstić information content (AvgIpc) is 2.28. The predicted molar refractivity (Wildman–Crippen MR) is 55.6 cm³/mol. The van der Waals surface area contributed by atoms with Crippen molar-refractivity contribution in [2.45, 2.75) is 0 Å². The summed E-state index contributed by atoms with van der Waals surface area (Å²) in [6.07, 6.45) is 1.15. The molecule has 1 heterocycles. The number of anilines is 1. The minimum Gasteiger partial charge on any atom is -0.494 e. The molecule has 0 saturated heterocycles. The molecule has 0 saturated carbocycles. The summed E-state index contributed by atoms with van der Waals surface area (Å²) < 4.78 is 4.82. The van der Waals surface area contributed by atoms with Gasteiger partial charge in [0.05, 0.1) is 18.9 Å². The molecule has 1 aromatic rings. The summed E-state index contributed by atoms with van der Waals surface area (Å²) in [6, 6.07) is 1.13. The molecule has 1 rings (SSSR count). The van der Waals surface area contributed by atoms with Crippen molar-refractivity contribution in [3.05, 3.63) is 17.8 Å². The van der Waals surface area contributed by atoms with E-state index < -0.39 is 17.8 Å². The Morgan fingerprint density at radius 3 is 2.59 bits per heavy atom. The maximum Gasteiger partial charge on any atom is 0.394 e. The number of amides is 2. The third-order valence-corrected chi connectivity index (χ3v) is 1.79. The van der Waals surface area contributed by atoms with Crippen LogP contribution in [0.2, 0.25) is 0 Å². The fourth-order valence-electron chi connectivity index (χ4n) is 1.04. The summed E-state index contributed by atoms with van der Waals surface area (Å²) in [7, 11) is 1.32. The van der Waals surface area contributed by atoms with Gasteiger partial charge in [-0.1, -0.05) is 0 Å². The Morgan fingerprint density at radius 1 is 1.47 bits per heavy atom. The molecule has 0 atom stereocenters. The Balaban J connectivity index is 3.04. The quantitative estimate of drug-likeness (QED) is 0.592. The van der Waals surface area contributed by atoms with Crippen LogP contribution in [0.1, 0.15) is 10.4 Å². The summed E-state index contributed by atoms with van der Waals surface area (Å²) in [6.45, 7) is 0. The number of pyridine rings is 1. The predicted octanol–water partition coefficient (Wildman–Crippen LogP) is -0.788. The van der Waals surface area contributed by atoms with Crippen LogP contribution in [0, 0.1) is 0 Å². The van der Waals surface area contributed by atoms with Crippen LogP contribution in [0.25, 0.3) is 0 Å². The van der Waals surface area contributed by atoms with Crippen LogP contribution < -0.4 is 15.8 Å². The molecular formula is C9H9N3O5. The van der Waals surface area contributed by atoms with Crippen molar-refractivity contribution in [1.82, 2.24) is 4.98 Å². The van der Waals surface area contributed by atoms with Crippen LogP contribution in [0.5, 0.6) is 5.75 Å². The Kier molecular flexibility index (Phi) is 3.60. The highest BCUT2D eigenvalue weighted by Crippen LogP contribution is 2.19. The van der Waals surface area contributed by atoms with E-state index in [1.807, 2.05) is 5.32 Å². The number of rotatable bonds is 3. The molecule has 17 heavy (non-hydrogen) atoms. The highest BCUT2D eigenvalue weighted by Gasteiger charge is 2.15. The number of nitrogens with zero attached hydrogens (tertiary/aromatic N) is 1. The lowest BCUT2D eigenvalue weighted by Gasteiger charge is -2.07. The first-order chi connectivity index (χ1) is 7.95. The topological polar surface area (TPSA) is 132 Å². The summed E-state index contributed by atoms with van der Waals surface area (Å²) >= 11 is 0. The number of nitrogens with one attached hydrogen (secondary N) is 1. The molecule has 8 heteroatoms. The van der Waals surface area contributed by atoms with Crippen LogP contribution in [0.4, 0.5) is 5.82 Å². The molecule has 90 valence electrons. The van der Waals surface area contributed by atoms with Crippen LogP contribution in [0.3, 0.4) is 0 Å². The van der Waals surface area contributed by atoms with Crippen LogP contribution >= 0.6 is 0 Å². The number of nitrogens with two attached hydrogens (primary N) is 1. The monoisotopic (exact) mass is 239 g/mol. The lowest BCUT2D eigenvalue weighted by Crippen LogP contribution is -2.23. The zero-order chi connectivity index (χ0) is 13.0. The van der Waals surface area contributed by atoms with E-state index >= 15 is 0 Å². The van der Waals surface area contributed by atoms with Crippen molar-refractivity contribution >= 4 is 23.6 Å². The van der Waals surface area contributed by atoms with E-state index in [0.29, 0.717) is 0 Å². The van der Waals surface area contributed by atoms with Crippen molar-refractivity contribution in [3.8, 4) is 5.75 Å². The third-order valence-electron chi connectivity index (χ3n) is 1.79. The number of primary amides is 1. The second-order valence-corrected chi connectivity index (χ2v) is 2.89. The van der Waals surface area contributed by atoms with E-state index in [9.17, 15) is 14.4 Å². The fourth-order valence-corrected chi connectivity index (χ4v) is 1.04. The minimum absolute atomic E-state index is 0.0109. The molecule has 0 aliphatic rings. The zero-order valence-corrected chi connectivity index (χ0v) is 8.76. The van der Waals surface area contributed by atoms with Gasteiger partial charge in [0.15, 0.2) is 0 Å². The maximum atomic E-state index is 11.0. The molecular weight excluding hydrogens is 230 g/mol. The molecule has 0 radical (unpaired) electrons. The van der Waals surface area contributed by atoms with E-state index in [-0.39, 0.29) is 17.1 Å². The molecule has 0 fully saturated rings. The molecule has 0 bridgehead atoms. The fraction of sp³-hybridized carbons (Fsp3) is 0.111. The highest BCUT2D eigenvalue weighted by molar-refractivity contribution is 6.36. The van der Waals surface area contributed by atoms with Gasteiger partial charge in [0.25, 0.3) is 5.91 Å². The van der Waals surface area contributed by atoms with Crippen molar-refractivity contribution in [3.63, 3.8) is 0 Å². The van der Waals surface area contributed by atoms with Crippen LogP contribution in [-0.4, -0.2) is 35.0 Å². The number of carbonyl (C=O) groups is 3. The Bertz CT molecular complexity index is 486. The molecule has 0 unspecified atom stereocenters. The first-order valence-electron chi connectivity index (χ1n) is 4.33. The number of aromatic nitrogens is 1. The number of hydrogen-bond donors (Lipinski definition) is 3. The Hall–Kier alpha value is -2.64. The number of ether oxygens (including phenoxy) is 1. The van der Waals surface area contributed by atoms with Crippen molar-refractivity contribution in [2.75, 3.05) is 12.4 Å². The van der Waals surface area contributed by atoms with E-state index in [1.165, 1.54) is 7.11 Å². The smallest absolute Gasteiger partial charge is 0.394 e. The molecule has 0 spiro atoms. The lowest BCUT2D eigenvalue weighted by atomic mass is 10.2. The third kappa shape index (κ3) is 2.91. The lowest BCUT2D eigenvalue weighted by molar-refractivity contribution is -0.147. The van der Waals surface area contributed by atoms with Gasteiger partial charge in [0.1, 0.15) is 11.6 Å². The SMILES string of the molecule is COc1cnc(NC(=O)C(=O)O)cc1C(N)=O. The summed E-state index contributed by atoms with van der Waals surface area (Å²) in [5, 5.41) is 10.3. The van der Waals surface area contributed by atoms with Crippen LogP contribution in [-0.2, 0) is 9.59 Å². The molecule has 0 aliphatic heterocycles. The van der Waals surface area contributed by atoms with Gasteiger partial charge in [0.2, 0.25) is 0 Å².